The summed E-state index contributed by atoms with van der Waals surface area (Å²) in [5.74, 6) is 1.21. The van der Waals surface area contributed by atoms with Crippen molar-refractivity contribution >= 4 is 11.4 Å². The second-order valence-electron chi connectivity index (χ2n) is 8.61. The van der Waals surface area contributed by atoms with Gasteiger partial charge in [-0.15, -0.1) is 0 Å². The number of nitro benzene ring substituents is 1. The fourth-order valence-corrected chi connectivity index (χ4v) is 4.81. The predicted octanol–water partition coefficient (Wildman–Crippen LogP) is 7.29. The van der Waals surface area contributed by atoms with Gasteiger partial charge >= 0.3 is 0 Å². The van der Waals surface area contributed by atoms with Gasteiger partial charge in [-0.1, -0.05) is 78.9 Å². The summed E-state index contributed by atoms with van der Waals surface area (Å²) >= 11 is 0. The Morgan fingerprint density at radius 3 is 1.97 bits per heavy atom. The Balaban J connectivity index is 1.46. The molecule has 1 aromatic heterocycles. The number of non-ortho nitro benzene ring substituents is 1. The van der Waals surface area contributed by atoms with Crippen LogP contribution >= 0.6 is 0 Å². The second kappa shape index (κ2) is 8.83. The monoisotopic (exact) mass is 474 g/mol. The predicted molar refractivity (Wildman–Crippen MR) is 137 cm³/mol. The molecule has 0 bridgehead atoms. The number of hydrogen-bond donors (Lipinski definition) is 1. The van der Waals surface area contributed by atoms with Crippen LogP contribution in [0.15, 0.2) is 126 Å². The second-order valence-corrected chi connectivity index (χ2v) is 8.61. The van der Waals surface area contributed by atoms with Crippen molar-refractivity contribution in [3.05, 3.63) is 154 Å². The number of para-hydroxylation sites is 1. The van der Waals surface area contributed by atoms with Crippen LogP contribution in [-0.4, -0.2) is 4.92 Å². The van der Waals surface area contributed by atoms with Crippen molar-refractivity contribution in [3.63, 3.8) is 0 Å². The van der Waals surface area contributed by atoms with Gasteiger partial charge in [-0.05, 0) is 41.5 Å². The molecule has 0 aliphatic carbocycles. The summed E-state index contributed by atoms with van der Waals surface area (Å²) in [6, 6.07) is 38.6. The smallest absolute Gasteiger partial charge is 0.269 e. The minimum Gasteiger partial charge on any atom is -0.456 e. The van der Waals surface area contributed by atoms with E-state index in [4.69, 9.17) is 9.15 Å². The summed E-state index contributed by atoms with van der Waals surface area (Å²) in [6.45, 7) is 0. The minimum atomic E-state index is -0.866. The van der Waals surface area contributed by atoms with Gasteiger partial charge < -0.3 is 14.5 Å². The van der Waals surface area contributed by atoms with Crippen LogP contribution in [0.25, 0.3) is 11.3 Å². The molecular formula is C30H22N2O4. The molecule has 0 amide bonds. The molecule has 0 fully saturated rings. The largest absolute Gasteiger partial charge is 0.456 e. The van der Waals surface area contributed by atoms with Crippen LogP contribution in [-0.2, 0) is 10.3 Å². The summed E-state index contributed by atoms with van der Waals surface area (Å²) < 4.78 is 13.2. The fourth-order valence-electron chi connectivity index (χ4n) is 4.81. The molecule has 1 aliphatic heterocycles. The van der Waals surface area contributed by atoms with Gasteiger partial charge in [0.2, 0.25) is 0 Å². The van der Waals surface area contributed by atoms with Crippen molar-refractivity contribution in [2.24, 2.45) is 0 Å². The first-order valence-corrected chi connectivity index (χ1v) is 11.6. The zero-order chi connectivity index (χ0) is 24.5. The van der Waals surface area contributed by atoms with E-state index in [9.17, 15) is 10.1 Å². The van der Waals surface area contributed by atoms with Gasteiger partial charge in [0.1, 0.15) is 11.4 Å². The van der Waals surface area contributed by atoms with Crippen LogP contribution < -0.4 is 5.32 Å². The zero-order valence-electron chi connectivity index (χ0n) is 19.2. The molecular weight excluding hydrogens is 452 g/mol. The number of benzene rings is 4. The highest BCUT2D eigenvalue weighted by atomic mass is 16.6. The Bertz CT molecular complexity index is 1470. The molecule has 2 heterocycles. The average molecular weight is 475 g/mol. The van der Waals surface area contributed by atoms with Crippen LogP contribution in [0.3, 0.4) is 0 Å². The molecule has 4 aromatic carbocycles. The SMILES string of the molecule is O=[N+]([O-])c1ccc(-c2ccc([C@H]3Nc4ccccc4C(c4ccccc4)(c4ccccc4)O3)o2)cc1. The standard InChI is InChI=1S/C30H22N2O4/c33-32(34)24-17-15-21(16-18-24)27-19-20-28(35-27)29-31-26-14-8-7-13-25(26)30(36-29,22-9-3-1-4-10-22)23-11-5-2-6-12-23/h1-20,29,31H/t29-/m0/s1. The number of nitro groups is 1. The number of furan rings is 1. The molecule has 1 atom stereocenters. The molecule has 0 radical (unpaired) electrons. The number of hydrogen-bond acceptors (Lipinski definition) is 5. The van der Waals surface area contributed by atoms with Crippen molar-refractivity contribution in [1.29, 1.82) is 0 Å². The molecule has 6 nitrogen and oxygen atoms in total. The van der Waals surface area contributed by atoms with Crippen LogP contribution in [0.1, 0.15) is 28.7 Å². The highest BCUT2D eigenvalue weighted by Crippen LogP contribution is 2.50. The normalized spacial score (nSPS) is 16.1. The van der Waals surface area contributed by atoms with Gasteiger partial charge in [0, 0.05) is 28.9 Å². The number of nitrogens with zero attached hydrogens (tertiary/aromatic N) is 1. The molecule has 176 valence electrons. The van der Waals surface area contributed by atoms with E-state index in [2.05, 4.69) is 35.6 Å². The lowest BCUT2D eigenvalue weighted by atomic mass is 9.78. The van der Waals surface area contributed by atoms with E-state index in [-0.39, 0.29) is 5.69 Å². The first kappa shape index (κ1) is 21.8. The maximum Gasteiger partial charge on any atom is 0.269 e. The molecule has 6 rings (SSSR count). The third kappa shape index (κ3) is 3.65. The topological polar surface area (TPSA) is 77.5 Å². The zero-order valence-corrected chi connectivity index (χ0v) is 19.2. The van der Waals surface area contributed by atoms with Gasteiger partial charge in [0.25, 0.3) is 5.69 Å². The van der Waals surface area contributed by atoms with Crippen LogP contribution in [0, 0.1) is 10.1 Å². The number of fused-ring (bicyclic) bond motifs is 1. The summed E-state index contributed by atoms with van der Waals surface area (Å²) in [6.07, 6.45) is -0.577. The van der Waals surface area contributed by atoms with E-state index in [1.54, 1.807) is 12.1 Å². The Morgan fingerprint density at radius 1 is 0.722 bits per heavy atom. The number of anilines is 1. The summed E-state index contributed by atoms with van der Waals surface area (Å²) in [5.41, 5.74) is 3.91. The van der Waals surface area contributed by atoms with E-state index in [0.717, 1.165) is 27.9 Å². The van der Waals surface area contributed by atoms with Crippen LogP contribution in [0.2, 0.25) is 0 Å². The van der Waals surface area contributed by atoms with Crippen molar-refractivity contribution in [2.45, 2.75) is 11.8 Å². The molecule has 0 spiro atoms. The van der Waals surface area contributed by atoms with Gasteiger partial charge in [0.15, 0.2) is 12.0 Å². The molecule has 36 heavy (non-hydrogen) atoms. The highest BCUT2D eigenvalue weighted by molar-refractivity contribution is 5.64. The van der Waals surface area contributed by atoms with Gasteiger partial charge in [-0.3, -0.25) is 10.1 Å². The van der Waals surface area contributed by atoms with E-state index >= 15 is 0 Å². The lowest BCUT2D eigenvalue weighted by Gasteiger charge is -2.43. The lowest BCUT2D eigenvalue weighted by molar-refractivity contribution is -0.384. The van der Waals surface area contributed by atoms with Gasteiger partial charge in [0.05, 0.1) is 4.92 Å². The fraction of sp³-hybridized carbons (Fsp3) is 0.0667. The number of rotatable bonds is 5. The summed E-state index contributed by atoms with van der Waals surface area (Å²) in [4.78, 5) is 10.6. The molecule has 1 N–H and O–H groups in total. The molecule has 5 aromatic rings. The van der Waals surface area contributed by atoms with E-state index in [1.165, 1.54) is 12.1 Å². The molecule has 0 saturated carbocycles. The number of ether oxygens (including phenoxy) is 1. The maximum atomic E-state index is 11.0. The summed E-state index contributed by atoms with van der Waals surface area (Å²) in [7, 11) is 0. The quantitative estimate of drug-likeness (QED) is 0.214. The van der Waals surface area contributed by atoms with E-state index < -0.39 is 16.8 Å². The molecule has 0 unspecified atom stereocenters. The summed E-state index contributed by atoms with van der Waals surface area (Å²) in [5, 5.41) is 14.5. The Kier molecular flexibility index (Phi) is 5.36. The Labute approximate surface area is 207 Å². The Morgan fingerprint density at radius 2 is 1.33 bits per heavy atom. The van der Waals surface area contributed by atoms with Crippen LogP contribution in [0.5, 0.6) is 0 Å². The first-order valence-electron chi connectivity index (χ1n) is 11.6. The van der Waals surface area contributed by atoms with E-state index in [0.29, 0.717) is 11.5 Å². The van der Waals surface area contributed by atoms with Gasteiger partial charge in [-0.2, -0.15) is 0 Å². The van der Waals surface area contributed by atoms with Crippen molar-refractivity contribution in [1.82, 2.24) is 0 Å². The third-order valence-corrected chi connectivity index (χ3v) is 6.50. The van der Waals surface area contributed by atoms with Crippen molar-refractivity contribution in [2.75, 3.05) is 5.32 Å². The van der Waals surface area contributed by atoms with Crippen molar-refractivity contribution in [3.8, 4) is 11.3 Å². The maximum absolute atomic E-state index is 11.0. The van der Waals surface area contributed by atoms with Crippen LogP contribution in [0.4, 0.5) is 11.4 Å². The Hall–Kier alpha value is -4.68. The highest BCUT2D eigenvalue weighted by Gasteiger charge is 2.45. The molecule has 0 saturated heterocycles. The van der Waals surface area contributed by atoms with Gasteiger partial charge in [-0.25, -0.2) is 0 Å². The van der Waals surface area contributed by atoms with Crippen molar-refractivity contribution < 1.29 is 14.1 Å². The molecule has 1 aliphatic rings. The lowest BCUT2D eigenvalue weighted by Crippen LogP contribution is -2.40. The molecule has 6 heteroatoms. The minimum absolute atomic E-state index is 0.0370. The first-order chi connectivity index (χ1) is 17.6. The average Bonchev–Trinajstić information content (AvgIpc) is 3.44. The number of nitrogens with one attached hydrogen (secondary N) is 1. The third-order valence-electron chi connectivity index (χ3n) is 6.50. The van der Waals surface area contributed by atoms with E-state index in [1.807, 2.05) is 66.7 Å².